The van der Waals surface area contributed by atoms with Gasteiger partial charge in [-0.3, -0.25) is 0 Å². The van der Waals surface area contributed by atoms with E-state index in [0.29, 0.717) is 11.5 Å². The number of phenolic OH excluding ortho intramolecular Hbond substituents is 2. The number of aromatic hydroxyl groups is 2. The second-order valence-electron chi connectivity index (χ2n) is 4.62. The molecule has 0 aliphatic heterocycles. The van der Waals surface area contributed by atoms with Crippen LogP contribution in [0.3, 0.4) is 0 Å². The zero-order valence-electron chi connectivity index (χ0n) is 11.7. The molecule has 106 valence electrons. The molecule has 0 aliphatic rings. The van der Waals surface area contributed by atoms with Crippen molar-refractivity contribution in [2.75, 3.05) is 0 Å². The summed E-state index contributed by atoms with van der Waals surface area (Å²) < 4.78 is 0. The summed E-state index contributed by atoms with van der Waals surface area (Å²) in [6.45, 7) is 3.59. The molecule has 0 aromatic heterocycles. The summed E-state index contributed by atoms with van der Waals surface area (Å²) in [5.41, 5.74) is 0.928. The fraction of sp³-hybridized carbons (Fsp3) is 0.0526. The van der Waals surface area contributed by atoms with Gasteiger partial charge in [-0.15, -0.1) is 6.58 Å². The Hall–Kier alpha value is -2.74. The number of hydrogen-bond donors (Lipinski definition) is 2. The van der Waals surface area contributed by atoms with Crippen LogP contribution in [0.5, 0.6) is 11.5 Å². The van der Waals surface area contributed by atoms with Crippen LogP contribution in [-0.4, -0.2) is 10.2 Å². The zero-order valence-corrected chi connectivity index (χ0v) is 11.7. The van der Waals surface area contributed by atoms with E-state index in [1.54, 1.807) is 18.2 Å². The molecular formula is C19H18O2. The summed E-state index contributed by atoms with van der Waals surface area (Å²) in [6.07, 6.45) is 2.50. The molecule has 3 rings (SSSR count). The first-order chi connectivity index (χ1) is 10.2. The molecule has 0 heterocycles. The second-order valence-corrected chi connectivity index (χ2v) is 4.62. The van der Waals surface area contributed by atoms with Crippen LogP contribution in [-0.2, 0) is 6.42 Å². The Balaban J connectivity index is 0.000000155. The van der Waals surface area contributed by atoms with E-state index in [0.717, 1.165) is 22.8 Å². The highest BCUT2D eigenvalue weighted by Gasteiger charge is 1.95. The maximum atomic E-state index is 9.37. The van der Waals surface area contributed by atoms with Crippen molar-refractivity contribution in [2.24, 2.45) is 0 Å². The largest absolute Gasteiger partial charge is 0.508 e. The van der Waals surface area contributed by atoms with Crippen molar-refractivity contribution in [1.29, 1.82) is 0 Å². The van der Waals surface area contributed by atoms with Gasteiger partial charge >= 0.3 is 0 Å². The van der Waals surface area contributed by atoms with Crippen LogP contribution in [0.15, 0.2) is 79.4 Å². The molecule has 0 atom stereocenters. The van der Waals surface area contributed by atoms with E-state index in [4.69, 9.17) is 0 Å². The first-order valence-electron chi connectivity index (χ1n) is 6.77. The number of para-hydroxylation sites is 1. The normalized spacial score (nSPS) is 9.71. The minimum absolute atomic E-state index is 0.349. The summed E-state index contributed by atoms with van der Waals surface area (Å²) in [6, 6.07) is 20.6. The van der Waals surface area contributed by atoms with Crippen LogP contribution in [0.2, 0.25) is 0 Å². The predicted octanol–water partition coefficient (Wildman–Crippen LogP) is 4.67. The van der Waals surface area contributed by atoms with Crippen LogP contribution < -0.4 is 0 Å². The highest BCUT2D eigenvalue weighted by Crippen LogP contribution is 2.22. The monoisotopic (exact) mass is 278 g/mol. The van der Waals surface area contributed by atoms with Crippen molar-refractivity contribution in [3.63, 3.8) is 0 Å². The van der Waals surface area contributed by atoms with E-state index in [9.17, 15) is 10.2 Å². The number of phenols is 2. The van der Waals surface area contributed by atoms with E-state index in [1.165, 1.54) is 0 Å². The Labute approximate surface area is 124 Å². The topological polar surface area (TPSA) is 40.5 Å². The third-order valence-electron chi connectivity index (χ3n) is 3.12. The maximum absolute atomic E-state index is 9.37. The van der Waals surface area contributed by atoms with E-state index in [-0.39, 0.29) is 0 Å². The molecule has 0 amide bonds. The van der Waals surface area contributed by atoms with Crippen LogP contribution in [0.4, 0.5) is 0 Å². The number of rotatable bonds is 2. The van der Waals surface area contributed by atoms with Crippen molar-refractivity contribution in [3.05, 3.63) is 84.9 Å². The van der Waals surface area contributed by atoms with E-state index >= 15 is 0 Å². The lowest BCUT2D eigenvalue weighted by atomic mass is 10.1. The molecule has 0 saturated carbocycles. The summed E-state index contributed by atoms with van der Waals surface area (Å²) in [5, 5.41) is 20.6. The molecule has 0 spiro atoms. The van der Waals surface area contributed by atoms with Crippen molar-refractivity contribution in [1.82, 2.24) is 0 Å². The van der Waals surface area contributed by atoms with Crippen LogP contribution >= 0.6 is 0 Å². The molecule has 0 radical (unpaired) electrons. The predicted molar refractivity (Wildman–Crippen MR) is 87.6 cm³/mol. The molecule has 3 aromatic rings. The molecule has 0 saturated heterocycles. The molecule has 2 nitrogen and oxygen atoms in total. The van der Waals surface area contributed by atoms with Crippen molar-refractivity contribution in [2.45, 2.75) is 6.42 Å². The van der Waals surface area contributed by atoms with Gasteiger partial charge < -0.3 is 10.2 Å². The quantitative estimate of drug-likeness (QED) is 0.669. The highest BCUT2D eigenvalue weighted by molar-refractivity contribution is 5.87. The van der Waals surface area contributed by atoms with E-state index in [1.807, 2.05) is 54.6 Å². The summed E-state index contributed by atoms with van der Waals surface area (Å²) in [7, 11) is 0. The third-order valence-corrected chi connectivity index (χ3v) is 3.12. The first kappa shape index (κ1) is 14.7. The van der Waals surface area contributed by atoms with Crippen LogP contribution in [0, 0.1) is 0 Å². The summed E-state index contributed by atoms with van der Waals surface area (Å²) >= 11 is 0. The number of benzene rings is 3. The number of allylic oxidation sites excluding steroid dienone is 1. The number of fused-ring (bicyclic) bond motifs is 1. The Kier molecular flexibility index (Phi) is 4.99. The van der Waals surface area contributed by atoms with Gasteiger partial charge in [-0.25, -0.2) is 0 Å². The minimum Gasteiger partial charge on any atom is -0.508 e. The Morgan fingerprint density at radius 2 is 1.38 bits per heavy atom. The Morgan fingerprint density at radius 1 is 0.762 bits per heavy atom. The first-order valence-corrected chi connectivity index (χ1v) is 6.77. The van der Waals surface area contributed by atoms with Crippen molar-refractivity contribution >= 4 is 10.8 Å². The average Bonchev–Trinajstić information content (AvgIpc) is 2.51. The lowest BCUT2D eigenvalue weighted by Gasteiger charge is -1.97. The maximum Gasteiger partial charge on any atom is 0.123 e. The van der Waals surface area contributed by atoms with Gasteiger partial charge in [0.1, 0.15) is 11.5 Å². The van der Waals surface area contributed by atoms with Crippen molar-refractivity contribution in [3.8, 4) is 11.5 Å². The van der Waals surface area contributed by atoms with E-state index in [2.05, 4.69) is 6.58 Å². The molecule has 0 unspecified atom stereocenters. The average molecular weight is 278 g/mol. The van der Waals surface area contributed by atoms with Gasteiger partial charge in [-0.05, 0) is 29.5 Å². The Morgan fingerprint density at radius 3 is 2.10 bits per heavy atom. The SMILES string of the molecule is C=CCc1ccccc1O.Oc1cccc2ccccc12. The standard InChI is InChI=1S/C10H8O.C9H10O/c11-10-7-3-5-8-4-1-2-6-9(8)10;1-2-5-8-6-3-4-7-9(8)10/h1-7,11H;2-4,6-7,10H,1,5H2. The lowest BCUT2D eigenvalue weighted by Crippen LogP contribution is -1.79. The fourth-order valence-corrected chi connectivity index (χ4v) is 2.05. The molecular weight excluding hydrogens is 260 g/mol. The highest BCUT2D eigenvalue weighted by atomic mass is 16.3. The molecule has 2 heteroatoms. The van der Waals surface area contributed by atoms with Crippen LogP contribution in [0.1, 0.15) is 5.56 Å². The minimum atomic E-state index is 0.349. The molecule has 0 bridgehead atoms. The molecule has 2 N–H and O–H groups in total. The summed E-state index contributed by atoms with van der Waals surface area (Å²) in [5.74, 6) is 0.700. The summed E-state index contributed by atoms with van der Waals surface area (Å²) in [4.78, 5) is 0. The lowest BCUT2D eigenvalue weighted by molar-refractivity contribution is 0.469. The van der Waals surface area contributed by atoms with E-state index < -0.39 is 0 Å². The van der Waals surface area contributed by atoms with Gasteiger partial charge in [0.15, 0.2) is 0 Å². The van der Waals surface area contributed by atoms with Gasteiger partial charge in [-0.1, -0.05) is 60.7 Å². The Bertz CT molecular complexity index is 727. The van der Waals surface area contributed by atoms with Gasteiger partial charge in [0, 0.05) is 5.39 Å². The van der Waals surface area contributed by atoms with Gasteiger partial charge in [0.2, 0.25) is 0 Å². The van der Waals surface area contributed by atoms with Gasteiger partial charge in [-0.2, -0.15) is 0 Å². The molecule has 21 heavy (non-hydrogen) atoms. The fourth-order valence-electron chi connectivity index (χ4n) is 2.05. The van der Waals surface area contributed by atoms with Crippen LogP contribution in [0.25, 0.3) is 10.8 Å². The molecule has 0 fully saturated rings. The molecule has 0 aliphatic carbocycles. The second kappa shape index (κ2) is 7.15. The zero-order chi connectivity index (χ0) is 15.1. The van der Waals surface area contributed by atoms with Gasteiger partial charge in [0.05, 0.1) is 0 Å². The third kappa shape index (κ3) is 3.86. The smallest absolute Gasteiger partial charge is 0.123 e. The molecule has 3 aromatic carbocycles. The van der Waals surface area contributed by atoms with Gasteiger partial charge in [0.25, 0.3) is 0 Å². The van der Waals surface area contributed by atoms with Crippen molar-refractivity contribution < 1.29 is 10.2 Å². The number of hydrogen-bond acceptors (Lipinski definition) is 2.